The average Bonchev–Trinajstić information content (AvgIpc) is 2.42. The maximum Gasteiger partial charge on any atom is 0.234 e. The zero-order valence-electron chi connectivity index (χ0n) is 14.3. The number of halogens is 1. The Bertz CT molecular complexity index is 541. The van der Waals surface area contributed by atoms with E-state index in [1.807, 2.05) is 45.9 Å². The van der Waals surface area contributed by atoms with E-state index >= 15 is 0 Å². The predicted molar refractivity (Wildman–Crippen MR) is 93.3 cm³/mol. The Morgan fingerprint density at radius 1 is 1.17 bits per heavy atom. The smallest absolute Gasteiger partial charge is 0.234 e. The van der Waals surface area contributed by atoms with Gasteiger partial charge >= 0.3 is 0 Å². The molecule has 1 aromatic carbocycles. The van der Waals surface area contributed by atoms with Crippen LogP contribution in [0.5, 0.6) is 0 Å². The predicted octanol–water partition coefficient (Wildman–Crippen LogP) is 2.19. The fourth-order valence-corrected chi connectivity index (χ4v) is 2.26. The van der Waals surface area contributed by atoms with Gasteiger partial charge in [0.1, 0.15) is 0 Å². The first kappa shape index (κ1) is 19.5. The lowest BCUT2D eigenvalue weighted by molar-refractivity contribution is -0.125. The first-order chi connectivity index (χ1) is 10.7. The molecule has 0 atom stereocenters. The molecule has 0 fully saturated rings. The van der Waals surface area contributed by atoms with Gasteiger partial charge in [0, 0.05) is 17.1 Å². The summed E-state index contributed by atoms with van der Waals surface area (Å²) in [7, 11) is 0. The fourth-order valence-electron chi connectivity index (χ4n) is 2.05. The van der Waals surface area contributed by atoms with Crippen LogP contribution in [0.2, 0.25) is 5.02 Å². The zero-order chi connectivity index (χ0) is 17.5. The van der Waals surface area contributed by atoms with Crippen LogP contribution in [-0.4, -0.2) is 41.9 Å². The summed E-state index contributed by atoms with van der Waals surface area (Å²) in [6, 6.07) is 7.36. The van der Waals surface area contributed by atoms with Gasteiger partial charge in [0.25, 0.3) is 0 Å². The number of amides is 2. The van der Waals surface area contributed by atoms with Crippen molar-refractivity contribution in [3.8, 4) is 0 Å². The van der Waals surface area contributed by atoms with Crippen molar-refractivity contribution in [1.29, 1.82) is 0 Å². The van der Waals surface area contributed by atoms with E-state index in [1.165, 1.54) is 0 Å². The van der Waals surface area contributed by atoms with Crippen molar-refractivity contribution in [3.63, 3.8) is 0 Å². The zero-order valence-corrected chi connectivity index (χ0v) is 15.0. The maximum atomic E-state index is 12.0. The molecule has 1 aromatic rings. The van der Waals surface area contributed by atoms with Gasteiger partial charge in [-0.1, -0.05) is 30.7 Å². The Morgan fingerprint density at radius 2 is 1.83 bits per heavy atom. The first-order valence-corrected chi connectivity index (χ1v) is 8.12. The lowest BCUT2D eigenvalue weighted by atomic mass is 10.1. The third kappa shape index (κ3) is 8.57. The minimum atomic E-state index is -0.272. The van der Waals surface area contributed by atoms with Gasteiger partial charge in [-0.2, -0.15) is 0 Å². The highest BCUT2D eigenvalue weighted by molar-refractivity contribution is 6.30. The average molecular weight is 340 g/mol. The third-order valence-corrected chi connectivity index (χ3v) is 3.31. The minimum Gasteiger partial charge on any atom is -0.351 e. The second kappa shape index (κ2) is 8.89. The molecule has 0 aliphatic heterocycles. The van der Waals surface area contributed by atoms with E-state index in [0.717, 1.165) is 5.56 Å². The molecule has 0 aromatic heterocycles. The fraction of sp³-hybridized carbons (Fsp3) is 0.529. The van der Waals surface area contributed by atoms with Crippen LogP contribution >= 0.6 is 11.6 Å². The van der Waals surface area contributed by atoms with E-state index in [1.54, 1.807) is 11.0 Å². The molecular formula is C17H26ClN3O2. The standard InChI is InChI=1S/C17H26ClN3O2/c1-5-21(12-16(23)20-17(2,3)4)11-15(22)19-10-13-7-6-8-14(18)9-13/h6-9H,5,10-12H2,1-4H3,(H,19,22)(H,20,23). The van der Waals surface area contributed by atoms with Crippen LogP contribution in [-0.2, 0) is 16.1 Å². The molecule has 0 heterocycles. The van der Waals surface area contributed by atoms with Gasteiger partial charge in [0.15, 0.2) is 0 Å². The van der Waals surface area contributed by atoms with Crippen LogP contribution < -0.4 is 10.6 Å². The molecule has 0 aliphatic carbocycles. The van der Waals surface area contributed by atoms with Gasteiger partial charge in [-0.05, 0) is 45.0 Å². The Labute approximate surface area is 143 Å². The number of rotatable bonds is 7. The highest BCUT2D eigenvalue weighted by Gasteiger charge is 2.17. The Morgan fingerprint density at radius 3 is 2.39 bits per heavy atom. The van der Waals surface area contributed by atoms with Crippen LogP contribution in [0, 0.1) is 0 Å². The Kier molecular flexibility index (Phi) is 7.52. The Hall–Kier alpha value is -1.59. The molecule has 1 rings (SSSR count). The summed E-state index contributed by atoms with van der Waals surface area (Å²) in [6.45, 7) is 9.16. The number of hydrogen-bond acceptors (Lipinski definition) is 3. The van der Waals surface area contributed by atoms with Gasteiger partial charge in [-0.25, -0.2) is 0 Å². The topological polar surface area (TPSA) is 61.4 Å². The summed E-state index contributed by atoms with van der Waals surface area (Å²) in [5, 5.41) is 6.38. The molecule has 2 N–H and O–H groups in total. The van der Waals surface area contributed by atoms with Crippen LogP contribution in [0.25, 0.3) is 0 Å². The number of carbonyl (C=O) groups is 2. The third-order valence-electron chi connectivity index (χ3n) is 3.07. The van der Waals surface area contributed by atoms with Crippen molar-refractivity contribution in [2.75, 3.05) is 19.6 Å². The molecule has 6 heteroatoms. The number of likely N-dealkylation sites (N-methyl/N-ethyl adjacent to an activating group) is 1. The number of hydrogen-bond donors (Lipinski definition) is 2. The maximum absolute atomic E-state index is 12.0. The van der Waals surface area contributed by atoms with E-state index in [0.29, 0.717) is 18.1 Å². The molecule has 0 spiro atoms. The van der Waals surface area contributed by atoms with E-state index in [-0.39, 0.29) is 30.4 Å². The van der Waals surface area contributed by atoms with Gasteiger partial charge in [0.05, 0.1) is 13.1 Å². The normalized spacial score (nSPS) is 11.4. The molecule has 0 saturated carbocycles. The van der Waals surface area contributed by atoms with Crippen LogP contribution in [0.3, 0.4) is 0 Å². The summed E-state index contributed by atoms with van der Waals surface area (Å²) in [6.07, 6.45) is 0. The second-order valence-corrected chi connectivity index (χ2v) is 6.94. The molecule has 0 unspecified atom stereocenters. The number of nitrogens with one attached hydrogen (secondary N) is 2. The molecular weight excluding hydrogens is 314 g/mol. The number of benzene rings is 1. The van der Waals surface area contributed by atoms with Crippen LogP contribution in [0.15, 0.2) is 24.3 Å². The molecule has 2 amide bonds. The van der Waals surface area contributed by atoms with Crippen molar-refractivity contribution >= 4 is 23.4 Å². The monoisotopic (exact) mass is 339 g/mol. The lowest BCUT2D eigenvalue weighted by Crippen LogP contribution is -2.47. The summed E-state index contributed by atoms with van der Waals surface area (Å²) in [4.78, 5) is 25.7. The largest absolute Gasteiger partial charge is 0.351 e. The van der Waals surface area contributed by atoms with Gasteiger partial charge in [-0.3, -0.25) is 14.5 Å². The van der Waals surface area contributed by atoms with Crippen molar-refractivity contribution in [2.45, 2.75) is 39.8 Å². The quantitative estimate of drug-likeness (QED) is 0.800. The second-order valence-electron chi connectivity index (χ2n) is 6.51. The molecule has 0 saturated heterocycles. The molecule has 5 nitrogen and oxygen atoms in total. The minimum absolute atomic E-state index is 0.0815. The SMILES string of the molecule is CCN(CC(=O)NCc1cccc(Cl)c1)CC(=O)NC(C)(C)C. The molecule has 0 bridgehead atoms. The summed E-state index contributed by atoms with van der Waals surface area (Å²) >= 11 is 5.91. The van der Waals surface area contributed by atoms with Crippen molar-refractivity contribution in [2.24, 2.45) is 0 Å². The van der Waals surface area contributed by atoms with Gasteiger partial charge in [0.2, 0.25) is 11.8 Å². The molecule has 23 heavy (non-hydrogen) atoms. The first-order valence-electron chi connectivity index (χ1n) is 7.74. The molecule has 128 valence electrons. The van der Waals surface area contributed by atoms with Gasteiger partial charge in [-0.15, -0.1) is 0 Å². The summed E-state index contributed by atoms with van der Waals surface area (Å²) in [5.74, 6) is -0.197. The van der Waals surface area contributed by atoms with E-state index < -0.39 is 0 Å². The lowest BCUT2D eigenvalue weighted by Gasteiger charge is -2.24. The number of carbonyl (C=O) groups excluding carboxylic acids is 2. The van der Waals surface area contributed by atoms with Crippen LogP contribution in [0.1, 0.15) is 33.3 Å². The van der Waals surface area contributed by atoms with Crippen LogP contribution in [0.4, 0.5) is 0 Å². The number of nitrogens with zero attached hydrogens (tertiary/aromatic N) is 1. The summed E-state index contributed by atoms with van der Waals surface area (Å²) < 4.78 is 0. The van der Waals surface area contributed by atoms with Crippen molar-refractivity contribution in [3.05, 3.63) is 34.9 Å². The molecule has 0 aliphatic rings. The van der Waals surface area contributed by atoms with Crippen molar-refractivity contribution in [1.82, 2.24) is 15.5 Å². The van der Waals surface area contributed by atoms with E-state index in [4.69, 9.17) is 11.6 Å². The van der Waals surface area contributed by atoms with Crippen molar-refractivity contribution < 1.29 is 9.59 Å². The summed E-state index contributed by atoms with van der Waals surface area (Å²) in [5.41, 5.74) is 0.671. The highest BCUT2D eigenvalue weighted by atomic mass is 35.5. The van der Waals surface area contributed by atoms with E-state index in [2.05, 4.69) is 10.6 Å². The van der Waals surface area contributed by atoms with E-state index in [9.17, 15) is 9.59 Å². The highest BCUT2D eigenvalue weighted by Crippen LogP contribution is 2.10. The molecule has 0 radical (unpaired) electrons. The Balaban J connectivity index is 2.42. The van der Waals surface area contributed by atoms with Gasteiger partial charge < -0.3 is 10.6 Å².